The lowest BCUT2D eigenvalue weighted by Gasteiger charge is -2.07. The standard InChI is InChI=1S/C9H9ClFN/c1-2-9(12)7-4-3-6(11)5-8(7)10/h2-5,9H,1,12H2/t9-/m1/s1. The van der Waals surface area contributed by atoms with Gasteiger partial charge in [-0.25, -0.2) is 4.39 Å². The van der Waals surface area contributed by atoms with Gasteiger partial charge in [0, 0.05) is 11.1 Å². The van der Waals surface area contributed by atoms with Crippen LogP contribution in [0.25, 0.3) is 0 Å². The average molecular weight is 186 g/mol. The first kappa shape index (κ1) is 9.23. The zero-order valence-electron chi connectivity index (χ0n) is 6.43. The van der Waals surface area contributed by atoms with Gasteiger partial charge in [0.15, 0.2) is 0 Å². The molecule has 0 aliphatic heterocycles. The van der Waals surface area contributed by atoms with Crippen molar-refractivity contribution in [1.29, 1.82) is 0 Å². The van der Waals surface area contributed by atoms with Gasteiger partial charge in [0.25, 0.3) is 0 Å². The maximum Gasteiger partial charge on any atom is 0.124 e. The highest BCUT2D eigenvalue weighted by Crippen LogP contribution is 2.22. The lowest BCUT2D eigenvalue weighted by molar-refractivity contribution is 0.626. The molecule has 0 heterocycles. The van der Waals surface area contributed by atoms with Crippen molar-refractivity contribution >= 4 is 11.6 Å². The monoisotopic (exact) mass is 185 g/mol. The summed E-state index contributed by atoms with van der Waals surface area (Å²) in [4.78, 5) is 0. The Morgan fingerprint density at radius 2 is 2.25 bits per heavy atom. The van der Waals surface area contributed by atoms with Crippen LogP contribution in [0.3, 0.4) is 0 Å². The molecule has 12 heavy (non-hydrogen) atoms. The number of halogens is 2. The third-order valence-corrected chi connectivity index (χ3v) is 1.90. The summed E-state index contributed by atoms with van der Waals surface area (Å²) in [6.45, 7) is 3.52. The molecular weight excluding hydrogens is 177 g/mol. The van der Waals surface area contributed by atoms with E-state index < -0.39 is 0 Å². The lowest BCUT2D eigenvalue weighted by atomic mass is 10.1. The van der Waals surface area contributed by atoms with E-state index >= 15 is 0 Å². The van der Waals surface area contributed by atoms with Crippen LogP contribution in [0.4, 0.5) is 4.39 Å². The molecule has 3 heteroatoms. The van der Waals surface area contributed by atoms with E-state index in [9.17, 15) is 4.39 Å². The first-order valence-corrected chi connectivity index (χ1v) is 3.86. The van der Waals surface area contributed by atoms with Crippen LogP contribution < -0.4 is 5.73 Å². The van der Waals surface area contributed by atoms with Gasteiger partial charge in [0.1, 0.15) is 5.82 Å². The summed E-state index contributed by atoms with van der Waals surface area (Å²) < 4.78 is 12.6. The molecule has 1 atom stereocenters. The van der Waals surface area contributed by atoms with E-state index in [4.69, 9.17) is 17.3 Å². The van der Waals surface area contributed by atoms with E-state index in [0.717, 1.165) is 0 Å². The zero-order valence-corrected chi connectivity index (χ0v) is 7.18. The van der Waals surface area contributed by atoms with Crippen molar-refractivity contribution in [2.75, 3.05) is 0 Å². The highest BCUT2D eigenvalue weighted by Gasteiger charge is 2.06. The number of hydrogen-bond acceptors (Lipinski definition) is 1. The summed E-state index contributed by atoms with van der Waals surface area (Å²) in [7, 11) is 0. The summed E-state index contributed by atoms with van der Waals surface area (Å²) in [5, 5.41) is 0.336. The van der Waals surface area contributed by atoms with Crippen LogP contribution in [0.1, 0.15) is 11.6 Å². The van der Waals surface area contributed by atoms with Crippen LogP contribution in [-0.4, -0.2) is 0 Å². The predicted molar refractivity (Wildman–Crippen MR) is 48.5 cm³/mol. The van der Waals surface area contributed by atoms with Crippen molar-refractivity contribution in [1.82, 2.24) is 0 Å². The Labute approximate surface area is 75.6 Å². The zero-order chi connectivity index (χ0) is 9.14. The smallest absolute Gasteiger partial charge is 0.124 e. The average Bonchev–Trinajstić information content (AvgIpc) is 2.03. The predicted octanol–water partition coefficient (Wildman–Crippen LogP) is 2.66. The third-order valence-electron chi connectivity index (χ3n) is 1.58. The molecule has 0 saturated heterocycles. The van der Waals surface area contributed by atoms with E-state index in [1.165, 1.54) is 12.1 Å². The van der Waals surface area contributed by atoms with Crippen LogP contribution in [0.5, 0.6) is 0 Å². The van der Waals surface area contributed by atoms with E-state index in [0.29, 0.717) is 10.6 Å². The summed E-state index contributed by atoms with van der Waals surface area (Å²) >= 11 is 5.74. The lowest BCUT2D eigenvalue weighted by Crippen LogP contribution is -2.06. The molecule has 64 valence electrons. The van der Waals surface area contributed by atoms with Crippen molar-refractivity contribution in [3.05, 3.63) is 47.3 Å². The second-order valence-corrected chi connectivity index (χ2v) is 2.83. The molecule has 0 fully saturated rings. The van der Waals surface area contributed by atoms with Crippen LogP contribution in [0.15, 0.2) is 30.9 Å². The molecule has 0 spiro atoms. The number of benzene rings is 1. The van der Waals surface area contributed by atoms with Gasteiger partial charge in [0.2, 0.25) is 0 Å². The molecule has 0 radical (unpaired) electrons. The molecule has 1 rings (SSSR count). The number of hydrogen-bond donors (Lipinski definition) is 1. The Morgan fingerprint density at radius 3 is 2.75 bits per heavy atom. The second kappa shape index (κ2) is 3.70. The number of nitrogens with two attached hydrogens (primary N) is 1. The van der Waals surface area contributed by atoms with Crippen LogP contribution in [0, 0.1) is 5.82 Å². The van der Waals surface area contributed by atoms with Crippen LogP contribution in [0.2, 0.25) is 5.02 Å². The summed E-state index contributed by atoms with van der Waals surface area (Å²) in [5.74, 6) is -0.361. The molecular formula is C9H9ClFN. The molecule has 0 aromatic heterocycles. The Balaban J connectivity index is 3.09. The molecule has 1 aromatic carbocycles. The van der Waals surface area contributed by atoms with E-state index in [2.05, 4.69) is 6.58 Å². The first-order valence-electron chi connectivity index (χ1n) is 3.48. The van der Waals surface area contributed by atoms with Crippen molar-refractivity contribution in [2.24, 2.45) is 5.73 Å². The molecule has 2 N–H and O–H groups in total. The second-order valence-electron chi connectivity index (χ2n) is 2.43. The Morgan fingerprint density at radius 1 is 1.58 bits per heavy atom. The molecule has 1 aromatic rings. The summed E-state index contributed by atoms with van der Waals surface area (Å²) in [6, 6.07) is 3.78. The highest BCUT2D eigenvalue weighted by atomic mass is 35.5. The number of rotatable bonds is 2. The van der Waals surface area contributed by atoms with E-state index in [1.54, 1.807) is 12.1 Å². The third kappa shape index (κ3) is 1.84. The molecule has 0 bridgehead atoms. The highest BCUT2D eigenvalue weighted by molar-refractivity contribution is 6.31. The molecule has 1 nitrogen and oxygen atoms in total. The molecule has 0 unspecified atom stereocenters. The topological polar surface area (TPSA) is 26.0 Å². The Bertz CT molecular complexity index is 299. The largest absolute Gasteiger partial charge is 0.321 e. The van der Waals surface area contributed by atoms with Gasteiger partial charge in [-0.05, 0) is 17.7 Å². The summed E-state index contributed by atoms with van der Waals surface area (Å²) in [6.07, 6.45) is 1.55. The van der Waals surface area contributed by atoms with Crippen molar-refractivity contribution < 1.29 is 4.39 Å². The van der Waals surface area contributed by atoms with Crippen molar-refractivity contribution in [3.63, 3.8) is 0 Å². The van der Waals surface area contributed by atoms with Gasteiger partial charge < -0.3 is 5.73 Å². The van der Waals surface area contributed by atoms with E-state index in [-0.39, 0.29) is 11.9 Å². The first-order chi connectivity index (χ1) is 5.65. The Kier molecular flexibility index (Phi) is 2.84. The minimum atomic E-state index is -0.361. The van der Waals surface area contributed by atoms with Gasteiger partial charge in [-0.2, -0.15) is 0 Å². The fourth-order valence-electron chi connectivity index (χ4n) is 0.899. The maximum absolute atomic E-state index is 12.6. The fraction of sp³-hybridized carbons (Fsp3) is 0.111. The molecule has 0 aliphatic carbocycles. The molecule has 0 saturated carbocycles. The quantitative estimate of drug-likeness (QED) is 0.705. The van der Waals surface area contributed by atoms with Gasteiger partial charge >= 0.3 is 0 Å². The molecule has 0 amide bonds. The fourth-order valence-corrected chi connectivity index (χ4v) is 1.19. The Hall–Kier alpha value is -0.860. The molecule has 0 aliphatic rings. The van der Waals surface area contributed by atoms with Crippen LogP contribution in [-0.2, 0) is 0 Å². The van der Waals surface area contributed by atoms with Gasteiger partial charge in [0.05, 0.1) is 0 Å². The van der Waals surface area contributed by atoms with Gasteiger partial charge in [-0.3, -0.25) is 0 Å². The van der Waals surface area contributed by atoms with E-state index in [1.807, 2.05) is 0 Å². The normalized spacial score (nSPS) is 12.6. The summed E-state index contributed by atoms with van der Waals surface area (Å²) in [5.41, 5.74) is 6.31. The minimum Gasteiger partial charge on any atom is -0.321 e. The van der Waals surface area contributed by atoms with Crippen LogP contribution >= 0.6 is 11.6 Å². The SMILES string of the molecule is C=C[C@@H](N)c1ccc(F)cc1Cl. The van der Waals surface area contributed by atoms with Crippen molar-refractivity contribution in [3.8, 4) is 0 Å². The van der Waals surface area contributed by atoms with Gasteiger partial charge in [-0.1, -0.05) is 23.7 Å². The minimum absolute atomic E-state index is 0.335. The van der Waals surface area contributed by atoms with Crippen molar-refractivity contribution in [2.45, 2.75) is 6.04 Å². The van der Waals surface area contributed by atoms with Gasteiger partial charge in [-0.15, -0.1) is 6.58 Å². The maximum atomic E-state index is 12.6.